The molecule has 0 spiro atoms. The molecule has 1 aliphatic rings. The molecular formula is C13H14N2O5. The summed E-state index contributed by atoms with van der Waals surface area (Å²) in [6, 6.07) is 4.29. The van der Waals surface area contributed by atoms with Crippen LogP contribution in [0.4, 0.5) is 5.69 Å². The van der Waals surface area contributed by atoms with Crippen molar-refractivity contribution in [3.8, 4) is 5.75 Å². The van der Waals surface area contributed by atoms with E-state index in [4.69, 9.17) is 9.84 Å². The van der Waals surface area contributed by atoms with Gasteiger partial charge in [-0.3, -0.25) is 9.59 Å². The molecule has 3 N–H and O–H groups in total. The number of carboxylic acids is 1. The predicted octanol–water partition coefficient (Wildman–Crippen LogP) is 0.468. The first-order valence-corrected chi connectivity index (χ1v) is 6.00. The van der Waals surface area contributed by atoms with Gasteiger partial charge in [0.25, 0.3) is 0 Å². The molecule has 1 fully saturated rings. The van der Waals surface area contributed by atoms with Crippen LogP contribution in [-0.4, -0.2) is 36.5 Å². The fourth-order valence-electron chi connectivity index (χ4n) is 1.97. The van der Waals surface area contributed by atoms with Gasteiger partial charge in [-0.15, -0.1) is 0 Å². The average Bonchev–Trinajstić information content (AvgIpc) is 2.85. The molecule has 106 valence electrons. The van der Waals surface area contributed by atoms with Crippen LogP contribution in [0.15, 0.2) is 18.2 Å². The first-order chi connectivity index (χ1) is 9.51. The summed E-state index contributed by atoms with van der Waals surface area (Å²) in [6.07, 6.45) is 0.109. The van der Waals surface area contributed by atoms with Crippen molar-refractivity contribution in [2.45, 2.75) is 6.42 Å². The maximum atomic E-state index is 12.0. The van der Waals surface area contributed by atoms with Gasteiger partial charge in [-0.05, 0) is 12.1 Å². The molecule has 2 amide bonds. The van der Waals surface area contributed by atoms with E-state index in [9.17, 15) is 14.4 Å². The average molecular weight is 278 g/mol. The normalized spacial score (nSPS) is 17.4. The van der Waals surface area contributed by atoms with Gasteiger partial charge in [-0.1, -0.05) is 0 Å². The number of amides is 2. The van der Waals surface area contributed by atoms with Crippen molar-refractivity contribution in [2.75, 3.05) is 19.0 Å². The monoisotopic (exact) mass is 278 g/mol. The van der Waals surface area contributed by atoms with Crippen LogP contribution in [-0.2, 0) is 9.59 Å². The van der Waals surface area contributed by atoms with E-state index in [0.717, 1.165) is 0 Å². The number of carbonyl (C=O) groups is 3. The van der Waals surface area contributed by atoms with E-state index >= 15 is 0 Å². The number of hydrogen-bond donors (Lipinski definition) is 3. The van der Waals surface area contributed by atoms with Gasteiger partial charge >= 0.3 is 5.97 Å². The summed E-state index contributed by atoms with van der Waals surface area (Å²) >= 11 is 0. The number of methoxy groups -OCH3 is 1. The van der Waals surface area contributed by atoms with E-state index in [1.807, 2.05) is 0 Å². The highest BCUT2D eigenvalue weighted by atomic mass is 16.5. The number of carbonyl (C=O) groups excluding carboxylic acids is 2. The number of benzene rings is 1. The van der Waals surface area contributed by atoms with Crippen LogP contribution in [0.25, 0.3) is 0 Å². The zero-order chi connectivity index (χ0) is 14.7. The molecule has 7 heteroatoms. The fraction of sp³-hybridized carbons (Fsp3) is 0.308. The Labute approximate surface area is 114 Å². The third-order valence-corrected chi connectivity index (χ3v) is 3.06. The number of hydrogen-bond acceptors (Lipinski definition) is 4. The Morgan fingerprint density at radius 1 is 1.45 bits per heavy atom. The molecule has 1 aliphatic heterocycles. The summed E-state index contributed by atoms with van der Waals surface area (Å²) in [7, 11) is 1.45. The third-order valence-electron chi connectivity index (χ3n) is 3.06. The second-order valence-corrected chi connectivity index (χ2v) is 4.41. The van der Waals surface area contributed by atoms with Gasteiger partial charge in [0.2, 0.25) is 11.8 Å². The summed E-state index contributed by atoms with van der Waals surface area (Å²) in [6.45, 7) is 0.261. The first-order valence-electron chi connectivity index (χ1n) is 6.00. The van der Waals surface area contributed by atoms with Crippen LogP contribution in [0.5, 0.6) is 5.75 Å². The smallest absolute Gasteiger partial charge is 0.337 e. The molecule has 1 unspecified atom stereocenters. The van der Waals surface area contributed by atoms with Crippen LogP contribution in [0, 0.1) is 5.92 Å². The van der Waals surface area contributed by atoms with Gasteiger partial charge in [0.15, 0.2) is 0 Å². The highest BCUT2D eigenvalue weighted by molar-refractivity contribution is 6.03. The summed E-state index contributed by atoms with van der Waals surface area (Å²) in [5, 5.41) is 14.2. The Bertz CT molecular complexity index is 570. The second kappa shape index (κ2) is 5.60. The number of rotatable bonds is 4. The van der Waals surface area contributed by atoms with Crippen molar-refractivity contribution in [3.63, 3.8) is 0 Å². The molecule has 0 bridgehead atoms. The molecule has 1 saturated heterocycles. The lowest BCUT2D eigenvalue weighted by Gasteiger charge is -2.12. The molecule has 2 rings (SSSR count). The van der Waals surface area contributed by atoms with E-state index in [1.165, 1.54) is 25.3 Å². The van der Waals surface area contributed by atoms with E-state index in [-0.39, 0.29) is 36.0 Å². The molecule has 0 aliphatic carbocycles. The highest BCUT2D eigenvalue weighted by Crippen LogP contribution is 2.24. The van der Waals surface area contributed by atoms with Crippen molar-refractivity contribution in [1.82, 2.24) is 5.32 Å². The van der Waals surface area contributed by atoms with Crippen molar-refractivity contribution >= 4 is 23.5 Å². The van der Waals surface area contributed by atoms with Gasteiger partial charge in [-0.2, -0.15) is 0 Å². The predicted molar refractivity (Wildman–Crippen MR) is 69.7 cm³/mol. The lowest BCUT2D eigenvalue weighted by Crippen LogP contribution is -2.25. The van der Waals surface area contributed by atoms with Crippen molar-refractivity contribution in [1.29, 1.82) is 0 Å². The van der Waals surface area contributed by atoms with Crippen LogP contribution >= 0.6 is 0 Å². The molecule has 0 saturated carbocycles. The maximum absolute atomic E-state index is 12.0. The summed E-state index contributed by atoms with van der Waals surface area (Å²) in [4.78, 5) is 34.2. The van der Waals surface area contributed by atoms with E-state index in [0.29, 0.717) is 5.75 Å². The fourth-order valence-corrected chi connectivity index (χ4v) is 1.97. The Morgan fingerprint density at radius 3 is 2.75 bits per heavy atom. The quantitative estimate of drug-likeness (QED) is 0.742. The number of aromatic carboxylic acids is 1. The van der Waals surface area contributed by atoms with E-state index in [2.05, 4.69) is 10.6 Å². The molecule has 7 nitrogen and oxygen atoms in total. The standard InChI is InChI=1S/C13H14N2O5/c1-20-8-2-3-9(13(18)19)10(5-8)15-12(17)7-4-11(16)14-6-7/h2-3,5,7H,4,6H2,1H3,(H,14,16)(H,15,17)(H,18,19). The Balaban J connectivity index is 2.20. The van der Waals surface area contributed by atoms with Gasteiger partial charge < -0.3 is 20.5 Å². The Kier molecular flexibility index (Phi) is 3.88. The minimum Gasteiger partial charge on any atom is -0.497 e. The van der Waals surface area contributed by atoms with Crippen LogP contribution in [0.1, 0.15) is 16.8 Å². The van der Waals surface area contributed by atoms with Crippen LogP contribution in [0.2, 0.25) is 0 Å². The van der Waals surface area contributed by atoms with Gasteiger partial charge in [0.1, 0.15) is 5.75 Å². The van der Waals surface area contributed by atoms with Gasteiger partial charge in [0.05, 0.1) is 24.3 Å². The van der Waals surface area contributed by atoms with E-state index in [1.54, 1.807) is 0 Å². The summed E-state index contributed by atoms with van der Waals surface area (Å²) in [5.74, 6) is -1.78. The minimum atomic E-state index is -1.15. The molecule has 1 aromatic rings. The molecule has 0 aromatic heterocycles. The van der Waals surface area contributed by atoms with E-state index < -0.39 is 11.9 Å². The summed E-state index contributed by atoms with van der Waals surface area (Å²) in [5.41, 5.74) is 0.123. The van der Waals surface area contributed by atoms with Crippen LogP contribution < -0.4 is 15.4 Å². The lowest BCUT2D eigenvalue weighted by atomic mass is 10.1. The van der Waals surface area contributed by atoms with Gasteiger partial charge in [0, 0.05) is 19.0 Å². The molecule has 0 radical (unpaired) electrons. The zero-order valence-electron chi connectivity index (χ0n) is 10.8. The molecular weight excluding hydrogens is 264 g/mol. The zero-order valence-corrected chi connectivity index (χ0v) is 10.8. The molecule has 20 heavy (non-hydrogen) atoms. The third kappa shape index (κ3) is 2.87. The molecule has 1 atom stereocenters. The highest BCUT2D eigenvalue weighted by Gasteiger charge is 2.28. The molecule has 1 aromatic carbocycles. The Hall–Kier alpha value is -2.57. The summed E-state index contributed by atoms with van der Waals surface area (Å²) < 4.78 is 5.00. The van der Waals surface area contributed by atoms with Gasteiger partial charge in [-0.25, -0.2) is 4.79 Å². The van der Waals surface area contributed by atoms with Crippen LogP contribution in [0.3, 0.4) is 0 Å². The number of nitrogens with one attached hydrogen (secondary N) is 2. The van der Waals surface area contributed by atoms with Crippen molar-refractivity contribution in [3.05, 3.63) is 23.8 Å². The molecule has 1 heterocycles. The topological polar surface area (TPSA) is 105 Å². The first kappa shape index (κ1) is 13.9. The number of carboxylic acid groups (broad SMARTS) is 1. The number of ether oxygens (including phenoxy) is 1. The number of anilines is 1. The minimum absolute atomic E-state index is 0.0311. The largest absolute Gasteiger partial charge is 0.497 e. The Morgan fingerprint density at radius 2 is 2.20 bits per heavy atom. The lowest BCUT2D eigenvalue weighted by molar-refractivity contribution is -0.123. The second-order valence-electron chi connectivity index (χ2n) is 4.41. The van der Waals surface area contributed by atoms with Crippen molar-refractivity contribution < 1.29 is 24.2 Å². The SMILES string of the molecule is COc1ccc(C(=O)O)c(NC(=O)C2CNC(=O)C2)c1. The maximum Gasteiger partial charge on any atom is 0.337 e. The van der Waals surface area contributed by atoms with Crippen molar-refractivity contribution in [2.24, 2.45) is 5.92 Å².